The molecule has 12 heteroatoms. The zero-order valence-electron chi connectivity index (χ0n) is 16.3. The van der Waals surface area contributed by atoms with Gasteiger partial charge in [-0.1, -0.05) is 5.10 Å². The predicted octanol–water partition coefficient (Wildman–Crippen LogP) is 2.08. The zero-order chi connectivity index (χ0) is 21.8. The maximum Gasteiger partial charge on any atom is 0.322 e. The maximum atomic E-state index is 12.7. The molecule has 2 aromatic heterocycles. The number of ether oxygens (including phenoxy) is 2. The molecule has 1 aliphatic heterocycles. The number of nitrogens with one attached hydrogen (secondary N) is 1. The van der Waals surface area contributed by atoms with E-state index in [4.69, 9.17) is 18.3 Å². The number of hydrogen-bond donors (Lipinski definition) is 1. The molecule has 0 atom stereocenters. The number of benzene rings is 1. The van der Waals surface area contributed by atoms with Crippen molar-refractivity contribution in [2.75, 3.05) is 25.6 Å². The second-order valence-corrected chi connectivity index (χ2v) is 8.48. The molecular formula is C19H18N4O7S. The number of anilines is 1. The maximum absolute atomic E-state index is 12.7. The Balaban J connectivity index is 1.42. The molecule has 11 nitrogen and oxygen atoms in total. The molecule has 31 heavy (non-hydrogen) atoms. The van der Waals surface area contributed by atoms with Gasteiger partial charge in [0.15, 0.2) is 0 Å². The number of amides is 1. The van der Waals surface area contributed by atoms with E-state index >= 15 is 0 Å². The molecule has 0 bridgehead atoms. The van der Waals surface area contributed by atoms with Crippen molar-refractivity contribution in [2.24, 2.45) is 0 Å². The van der Waals surface area contributed by atoms with Gasteiger partial charge in [0.2, 0.25) is 15.8 Å². The second kappa shape index (κ2) is 8.62. The standard InChI is InChI=1S/C19H18N4O7S/c1-23(11-14-3-2-8-28-14)31(25,26)15-6-4-13(5-7-15)17(24)20-19-22-21-18(30-19)16-12-27-9-10-29-16/h2-8,12H,9-11H2,1H3,(H,20,22,24). The summed E-state index contributed by atoms with van der Waals surface area (Å²) in [6.45, 7) is 0.857. The molecule has 1 aliphatic rings. The van der Waals surface area contributed by atoms with E-state index in [0.717, 1.165) is 4.31 Å². The Morgan fingerprint density at radius 1 is 1.16 bits per heavy atom. The highest BCUT2D eigenvalue weighted by molar-refractivity contribution is 7.89. The minimum Gasteiger partial charge on any atom is -0.494 e. The lowest BCUT2D eigenvalue weighted by molar-refractivity contribution is 0.102. The number of aromatic nitrogens is 2. The number of rotatable bonds is 7. The van der Waals surface area contributed by atoms with Crippen molar-refractivity contribution in [1.82, 2.24) is 14.5 Å². The van der Waals surface area contributed by atoms with Crippen LogP contribution in [0, 0.1) is 0 Å². The van der Waals surface area contributed by atoms with Crippen molar-refractivity contribution >= 4 is 27.7 Å². The van der Waals surface area contributed by atoms with E-state index in [1.54, 1.807) is 12.1 Å². The summed E-state index contributed by atoms with van der Waals surface area (Å²) in [6.07, 6.45) is 2.83. The van der Waals surface area contributed by atoms with E-state index < -0.39 is 15.9 Å². The van der Waals surface area contributed by atoms with Gasteiger partial charge < -0.3 is 18.3 Å². The fourth-order valence-corrected chi connectivity index (χ4v) is 3.83. The topological polar surface area (TPSA) is 137 Å². The lowest BCUT2D eigenvalue weighted by Crippen LogP contribution is -2.26. The summed E-state index contributed by atoms with van der Waals surface area (Å²) < 4.78 is 47.5. The summed E-state index contributed by atoms with van der Waals surface area (Å²) in [6, 6.07) is 8.71. The van der Waals surface area contributed by atoms with Crippen molar-refractivity contribution < 1.29 is 31.5 Å². The quantitative estimate of drug-likeness (QED) is 0.578. The summed E-state index contributed by atoms with van der Waals surface area (Å²) in [5.41, 5.74) is 0.212. The van der Waals surface area contributed by atoms with E-state index in [2.05, 4.69) is 15.5 Å². The Kier molecular flexibility index (Phi) is 5.73. The fourth-order valence-electron chi connectivity index (χ4n) is 2.69. The van der Waals surface area contributed by atoms with Gasteiger partial charge in [-0.3, -0.25) is 10.1 Å². The monoisotopic (exact) mass is 446 g/mol. The molecule has 4 rings (SSSR count). The number of carbonyl (C=O) groups excluding carboxylic acids is 1. The van der Waals surface area contributed by atoms with E-state index in [9.17, 15) is 13.2 Å². The van der Waals surface area contributed by atoms with Gasteiger partial charge in [-0.05, 0) is 36.4 Å². The first-order chi connectivity index (χ1) is 14.9. The van der Waals surface area contributed by atoms with Crippen LogP contribution in [0.3, 0.4) is 0 Å². The van der Waals surface area contributed by atoms with Gasteiger partial charge in [-0.2, -0.15) is 4.31 Å². The highest BCUT2D eigenvalue weighted by Gasteiger charge is 2.23. The van der Waals surface area contributed by atoms with Crippen LogP contribution in [0.2, 0.25) is 0 Å². The minimum absolute atomic E-state index is 0.0413. The average Bonchev–Trinajstić information content (AvgIpc) is 3.46. The largest absolute Gasteiger partial charge is 0.494 e. The molecule has 0 unspecified atom stereocenters. The molecule has 0 fully saturated rings. The number of hydrogen-bond acceptors (Lipinski definition) is 9. The first kappa shape index (κ1) is 20.6. The van der Waals surface area contributed by atoms with Crippen molar-refractivity contribution in [2.45, 2.75) is 11.4 Å². The zero-order valence-corrected chi connectivity index (χ0v) is 17.2. The first-order valence-corrected chi connectivity index (χ1v) is 10.6. The SMILES string of the molecule is CN(Cc1ccco1)S(=O)(=O)c1ccc(C(=O)Nc2nnc(C3=COCCO3)o2)cc1. The molecular weight excluding hydrogens is 428 g/mol. The number of nitrogens with zero attached hydrogens (tertiary/aromatic N) is 3. The van der Waals surface area contributed by atoms with Crippen LogP contribution in [0.1, 0.15) is 22.0 Å². The highest BCUT2D eigenvalue weighted by atomic mass is 32.2. The van der Waals surface area contributed by atoms with Crippen LogP contribution in [-0.2, 0) is 26.0 Å². The Hall–Kier alpha value is -3.64. The summed E-state index contributed by atoms with van der Waals surface area (Å²) >= 11 is 0. The summed E-state index contributed by atoms with van der Waals surface area (Å²) in [5, 5.41) is 9.97. The molecule has 0 spiro atoms. The third kappa shape index (κ3) is 4.59. The van der Waals surface area contributed by atoms with Crippen LogP contribution in [0.4, 0.5) is 6.01 Å². The normalized spacial score (nSPS) is 13.9. The average molecular weight is 446 g/mol. The molecule has 0 radical (unpaired) electrons. The molecule has 1 N–H and O–H groups in total. The molecule has 162 valence electrons. The lowest BCUT2D eigenvalue weighted by atomic mass is 10.2. The van der Waals surface area contributed by atoms with E-state index in [1.807, 2.05) is 0 Å². The van der Waals surface area contributed by atoms with Crippen molar-refractivity contribution in [1.29, 1.82) is 0 Å². The molecule has 3 aromatic rings. The predicted molar refractivity (Wildman–Crippen MR) is 106 cm³/mol. The Morgan fingerprint density at radius 3 is 2.65 bits per heavy atom. The number of furan rings is 1. The second-order valence-electron chi connectivity index (χ2n) is 6.43. The smallest absolute Gasteiger partial charge is 0.322 e. The lowest BCUT2D eigenvalue weighted by Gasteiger charge is -2.16. The van der Waals surface area contributed by atoms with Crippen LogP contribution in [0.15, 0.2) is 62.7 Å². The Labute approximate surface area is 177 Å². The molecule has 0 saturated heterocycles. The van der Waals surface area contributed by atoms with E-state index in [0.29, 0.717) is 19.0 Å². The summed E-state index contributed by atoms with van der Waals surface area (Å²) in [4.78, 5) is 12.5. The van der Waals surface area contributed by atoms with Gasteiger partial charge in [0.05, 0.1) is 17.7 Å². The van der Waals surface area contributed by atoms with E-state index in [1.165, 1.54) is 43.8 Å². The molecule has 3 heterocycles. The van der Waals surface area contributed by atoms with Crippen LogP contribution in [0.5, 0.6) is 0 Å². The van der Waals surface area contributed by atoms with Gasteiger partial charge in [-0.15, -0.1) is 5.10 Å². The number of sulfonamides is 1. The molecule has 0 saturated carbocycles. The van der Waals surface area contributed by atoms with Crippen LogP contribution < -0.4 is 5.32 Å². The van der Waals surface area contributed by atoms with Gasteiger partial charge in [0, 0.05) is 12.6 Å². The fraction of sp³-hybridized carbons (Fsp3) is 0.211. The van der Waals surface area contributed by atoms with Crippen LogP contribution >= 0.6 is 0 Å². The highest BCUT2D eigenvalue weighted by Crippen LogP contribution is 2.21. The first-order valence-electron chi connectivity index (χ1n) is 9.12. The number of carbonyl (C=O) groups is 1. The van der Waals surface area contributed by atoms with Gasteiger partial charge in [-0.25, -0.2) is 8.42 Å². The summed E-state index contributed by atoms with van der Waals surface area (Å²) in [7, 11) is -2.31. The summed E-state index contributed by atoms with van der Waals surface area (Å²) in [5.74, 6) is 0.309. The van der Waals surface area contributed by atoms with Crippen molar-refractivity contribution in [3.05, 3.63) is 66.1 Å². The molecule has 1 aromatic carbocycles. The van der Waals surface area contributed by atoms with Gasteiger partial charge in [0.1, 0.15) is 25.2 Å². The minimum atomic E-state index is -3.76. The van der Waals surface area contributed by atoms with Crippen molar-refractivity contribution in [3.8, 4) is 0 Å². The van der Waals surface area contributed by atoms with Gasteiger partial charge >= 0.3 is 6.01 Å². The van der Waals surface area contributed by atoms with Gasteiger partial charge in [0.25, 0.3) is 11.8 Å². The van der Waals surface area contributed by atoms with E-state index in [-0.39, 0.29) is 34.7 Å². The third-order valence-corrected chi connectivity index (χ3v) is 6.11. The molecule has 1 amide bonds. The Bertz CT molecular complexity index is 1180. The van der Waals surface area contributed by atoms with Crippen LogP contribution in [-0.4, -0.2) is 49.1 Å². The molecule has 0 aliphatic carbocycles. The Morgan fingerprint density at radius 2 is 1.97 bits per heavy atom. The van der Waals surface area contributed by atoms with Crippen molar-refractivity contribution in [3.63, 3.8) is 0 Å². The van der Waals surface area contributed by atoms with Crippen LogP contribution in [0.25, 0.3) is 5.76 Å². The third-order valence-electron chi connectivity index (χ3n) is 4.29.